The predicted molar refractivity (Wildman–Crippen MR) is 83.3 cm³/mol. The molecule has 1 aromatic heterocycles. The third-order valence-electron chi connectivity index (χ3n) is 4.47. The summed E-state index contributed by atoms with van der Waals surface area (Å²) in [6.45, 7) is 8.04. The highest BCUT2D eigenvalue weighted by Gasteiger charge is 2.35. The number of nitrogens with zero attached hydrogens (tertiary/aromatic N) is 2. The fraction of sp³-hybridized carbons (Fsp3) is 0.765. The molecule has 1 unspecified atom stereocenters. The molecular formula is C17H27N3O. The van der Waals surface area contributed by atoms with E-state index in [-0.39, 0.29) is 6.10 Å². The van der Waals surface area contributed by atoms with Gasteiger partial charge in [-0.2, -0.15) is 0 Å². The summed E-state index contributed by atoms with van der Waals surface area (Å²) in [5, 5.41) is 3.57. The molecule has 0 amide bonds. The quantitative estimate of drug-likeness (QED) is 0.799. The van der Waals surface area contributed by atoms with Crippen LogP contribution in [0.5, 0.6) is 0 Å². The fourth-order valence-corrected chi connectivity index (χ4v) is 2.94. The van der Waals surface area contributed by atoms with Gasteiger partial charge in [0.1, 0.15) is 6.10 Å². The van der Waals surface area contributed by atoms with Crippen molar-refractivity contribution in [3.8, 4) is 0 Å². The molecule has 2 saturated carbocycles. The first kappa shape index (κ1) is 14.9. The molecule has 2 aliphatic carbocycles. The van der Waals surface area contributed by atoms with Crippen molar-refractivity contribution >= 4 is 0 Å². The van der Waals surface area contributed by atoms with Crippen LogP contribution in [0.4, 0.5) is 0 Å². The average Bonchev–Trinajstić information content (AvgIpc) is 3.32. The van der Waals surface area contributed by atoms with Gasteiger partial charge < -0.3 is 10.1 Å². The summed E-state index contributed by atoms with van der Waals surface area (Å²) in [7, 11) is 0. The molecule has 0 bridgehead atoms. The van der Waals surface area contributed by atoms with Gasteiger partial charge in [-0.1, -0.05) is 0 Å². The molecule has 0 spiro atoms. The maximum atomic E-state index is 5.89. The van der Waals surface area contributed by atoms with Gasteiger partial charge in [-0.15, -0.1) is 0 Å². The van der Waals surface area contributed by atoms with Crippen LogP contribution in [0.3, 0.4) is 0 Å². The van der Waals surface area contributed by atoms with E-state index in [1.807, 2.05) is 6.92 Å². The van der Waals surface area contributed by atoms with Crippen LogP contribution in [0.15, 0.2) is 0 Å². The Morgan fingerprint density at radius 1 is 1.14 bits per heavy atom. The zero-order valence-electron chi connectivity index (χ0n) is 13.5. The zero-order chi connectivity index (χ0) is 14.8. The molecule has 21 heavy (non-hydrogen) atoms. The summed E-state index contributed by atoms with van der Waals surface area (Å²) in [4.78, 5) is 9.53. The lowest BCUT2D eigenvalue weighted by Gasteiger charge is -2.18. The highest BCUT2D eigenvalue weighted by Crippen LogP contribution is 2.42. The largest absolute Gasteiger partial charge is 0.370 e. The summed E-state index contributed by atoms with van der Waals surface area (Å²) in [6, 6.07) is 0.767. The Morgan fingerprint density at radius 2 is 1.81 bits per heavy atom. The van der Waals surface area contributed by atoms with E-state index >= 15 is 0 Å². The van der Waals surface area contributed by atoms with Crippen LogP contribution in [0.25, 0.3) is 0 Å². The van der Waals surface area contributed by atoms with Crippen LogP contribution in [0.1, 0.15) is 61.5 Å². The predicted octanol–water partition coefficient (Wildman–Crippen LogP) is 2.88. The van der Waals surface area contributed by atoms with E-state index in [2.05, 4.69) is 19.2 Å². The van der Waals surface area contributed by atoms with Crippen molar-refractivity contribution in [1.82, 2.24) is 15.3 Å². The first-order valence-electron chi connectivity index (χ1n) is 8.38. The molecule has 0 radical (unpaired) electrons. The molecular weight excluding hydrogens is 262 g/mol. The molecule has 0 saturated heterocycles. The topological polar surface area (TPSA) is 47.0 Å². The highest BCUT2D eigenvalue weighted by molar-refractivity contribution is 5.25. The Balaban J connectivity index is 1.70. The Hall–Kier alpha value is -1.00. The molecule has 0 aliphatic heterocycles. The second-order valence-corrected chi connectivity index (χ2v) is 6.42. The smallest absolute Gasteiger partial charge is 0.157 e. The number of hydrogen-bond donors (Lipinski definition) is 1. The summed E-state index contributed by atoms with van der Waals surface area (Å²) in [6.07, 6.45) is 6.30. The highest BCUT2D eigenvalue weighted by atomic mass is 16.5. The number of ether oxygens (including phenoxy) is 1. The minimum Gasteiger partial charge on any atom is -0.370 e. The van der Waals surface area contributed by atoms with Gasteiger partial charge in [0.05, 0.1) is 0 Å². The maximum Gasteiger partial charge on any atom is 0.157 e. The number of nitrogens with one attached hydrogen (secondary N) is 1. The summed E-state index contributed by atoms with van der Waals surface area (Å²) in [5.41, 5.74) is 3.55. The van der Waals surface area contributed by atoms with Crippen LogP contribution in [-0.4, -0.2) is 29.2 Å². The monoisotopic (exact) mass is 289 g/mol. The molecule has 2 aliphatic rings. The normalized spacial score (nSPS) is 19.8. The third kappa shape index (κ3) is 3.80. The van der Waals surface area contributed by atoms with E-state index < -0.39 is 0 Å². The molecule has 1 N–H and O–H groups in total. The minimum absolute atomic E-state index is 0.103. The van der Waals surface area contributed by atoms with Crippen LogP contribution in [-0.2, 0) is 11.2 Å². The minimum atomic E-state index is 0.103. The molecule has 4 nitrogen and oxygen atoms in total. The SMILES string of the molecule is CCOC(c1nc(C)c(CCNC2CC2)c(C)n1)C1CC1. The van der Waals surface area contributed by atoms with Crippen LogP contribution >= 0.6 is 0 Å². The van der Waals surface area contributed by atoms with E-state index in [1.54, 1.807) is 0 Å². The van der Waals surface area contributed by atoms with Crippen molar-refractivity contribution in [3.63, 3.8) is 0 Å². The number of hydrogen-bond acceptors (Lipinski definition) is 4. The van der Waals surface area contributed by atoms with Gasteiger partial charge >= 0.3 is 0 Å². The summed E-state index contributed by atoms with van der Waals surface area (Å²) < 4.78 is 5.89. The molecule has 4 heteroatoms. The molecule has 1 aromatic rings. The first-order valence-corrected chi connectivity index (χ1v) is 8.38. The average molecular weight is 289 g/mol. The molecule has 2 fully saturated rings. The number of rotatable bonds is 8. The summed E-state index contributed by atoms with van der Waals surface area (Å²) >= 11 is 0. The lowest BCUT2D eigenvalue weighted by molar-refractivity contribution is 0.0397. The van der Waals surface area contributed by atoms with Crippen LogP contribution in [0.2, 0.25) is 0 Å². The van der Waals surface area contributed by atoms with Crippen molar-refractivity contribution in [2.24, 2.45) is 5.92 Å². The molecule has 1 heterocycles. The van der Waals surface area contributed by atoms with E-state index in [1.165, 1.54) is 31.2 Å². The second kappa shape index (κ2) is 6.41. The van der Waals surface area contributed by atoms with Gasteiger partial charge in [0.15, 0.2) is 5.82 Å². The van der Waals surface area contributed by atoms with Crippen molar-refractivity contribution in [1.29, 1.82) is 0 Å². The van der Waals surface area contributed by atoms with Crippen molar-refractivity contribution in [2.75, 3.05) is 13.2 Å². The van der Waals surface area contributed by atoms with Gasteiger partial charge in [0.2, 0.25) is 0 Å². The Labute approximate surface area is 127 Å². The van der Waals surface area contributed by atoms with Crippen molar-refractivity contribution in [3.05, 3.63) is 22.8 Å². The fourth-order valence-electron chi connectivity index (χ4n) is 2.94. The standard InChI is InChI=1S/C17H27N3O/c1-4-21-16(13-5-6-13)17-19-11(2)15(12(3)20-17)9-10-18-14-7-8-14/h13-14,16,18H,4-10H2,1-3H3. The molecule has 3 rings (SSSR count). The Morgan fingerprint density at radius 3 is 2.33 bits per heavy atom. The first-order chi connectivity index (χ1) is 10.2. The Bertz CT molecular complexity index is 472. The van der Waals surface area contributed by atoms with E-state index in [9.17, 15) is 0 Å². The van der Waals surface area contributed by atoms with Gasteiger partial charge in [-0.25, -0.2) is 9.97 Å². The van der Waals surface area contributed by atoms with Gasteiger partial charge in [-0.3, -0.25) is 0 Å². The van der Waals surface area contributed by atoms with Crippen LogP contribution < -0.4 is 5.32 Å². The van der Waals surface area contributed by atoms with Gasteiger partial charge in [0, 0.05) is 24.0 Å². The lowest BCUT2D eigenvalue weighted by Crippen LogP contribution is -2.21. The Kier molecular flexibility index (Phi) is 4.55. The third-order valence-corrected chi connectivity index (χ3v) is 4.47. The van der Waals surface area contributed by atoms with E-state index in [4.69, 9.17) is 14.7 Å². The number of aromatic nitrogens is 2. The number of aryl methyl sites for hydroxylation is 2. The molecule has 116 valence electrons. The zero-order valence-corrected chi connectivity index (χ0v) is 13.5. The van der Waals surface area contributed by atoms with Crippen LogP contribution in [0, 0.1) is 19.8 Å². The van der Waals surface area contributed by atoms with Gasteiger partial charge in [-0.05, 0) is 70.9 Å². The second-order valence-electron chi connectivity index (χ2n) is 6.42. The van der Waals surface area contributed by atoms with Gasteiger partial charge in [0.25, 0.3) is 0 Å². The van der Waals surface area contributed by atoms with E-state index in [0.717, 1.165) is 42.8 Å². The molecule has 1 atom stereocenters. The van der Waals surface area contributed by atoms with Crippen molar-refractivity contribution < 1.29 is 4.74 Å². The van der Waals surface area contributed by atoms with E-state index in [0.29, 0.717) is 5.92 Å². The summed E-state index contributed by atoms with van der Waals surface area (Å²) in [5.74, 6) is 1.53. The van der Waals surface area contributed by atoms with Crippen molar-refractivity contribution in [2.45, 2.75) is 65.0 Å². The maximum absolute atomic E-state index is 5.89. The lowest BCUT2D eigenvalue weighted by atomic mass is 10.1. The molecule has 0 aromatic carbocycles.